The summed E-state index contributed by atoms with van der Waals surface area (Å²) in [5.74, 6) is 1.36. The van der Waals surface area contributed by atoms with E-state index >= 15 is 0 Å². The van der Waals surface area contributed by atoms with Crippen LogP contribution in [-0.4, -0.2) is 51.0 Å². The van der Waals surface area contributed by atoms with Crippen molar-refractivity contribution in [3.8, 4) is 17.2 Å². The molecule has 1 fully saturated rings. The van der Waals surface area contributed by atoms with Crippen LogP contribution >= 0.6 is 11.6 Å². The molecule has 37 heavy (non-hydrogen) atoms. The van der Waals surface area contributed by atoms with Crippen LogP contribution in [-0.2, 0) is 0 Å². The number of methoxy groups -OCH3 is 1. The van der Waals surface area contributed by atoms with Gasteiger partial charge in [-0.05, 0) is 67.9 Å². The van der Waals surface area contributed by atoms with Crippen LogP contribution in [0.3, 0.4) is 0 Å². The maximum absolute atomic E-state index is 13.5. The summed E-state index contributed by atoms with van der Waals surface area (Å²) in [6.07, 6.45) is 1.12. The molecular formula is C30H42ClF2NO3. The molecular weight excluding hydrogens is 496 g/mol. The Labute approximate surface area is 226 Å². The molecule has 0 amide bonds. The third-order valence-electron chi connectivity index (χ3n) is 6.58. The zero-order valence-corrected chi connectivity index (χ0v) is 23.9. The first-order valence-electron chi connectivity index (χ1n) is 13.2. The number of hydrogen-bond acceptors (Lipinski definition) is 4. The minimum atomic E-state index is -0.706. The van der Waals surface area contributed by atoms with Crippen LogP contribution < -0.4 is 14.2 Å². The van der Waals surface area contributed by atoms with E-state index < -0.39 is 6.17 Å². The second-order valence-electron chi connectivity index (χ2n) is 9.24. The highest BCUT2D eigenvalue weighted by Gasteiger charge is 2.26. The highest BCUT2D eigenvalue weighted by atomic mass is 35.5. The molecule has 2 aromatic carbocycles. The predicted octanol–water partition coefficient (Wildman–Crippen LogP) is 8.24. The van der Waals surface area contributed by atoms with Gasteiger partial charge < -0.3 is 14.2 Å². The molecule has 0 aliphatic carbocycles. The molecule has 0 N–H and O–H groups in total. The van der Waals surface area contributed by atoms with Crippen LogP contribution in [0.15, 0.2) is 30.8 Å². The van der Waals surface area contributed by atoms with E-state index in [-0.39, 0.29) is 11.7 Å². The number of likely N-dealkylation sites (tertiary alicyclic amines) is 1. The number of alkyl halides is 1. The lowest BCUT2D eigenvalue weighted by atomic mass is 9.98. The normalized spacial score (nSPS) is 14.9. The van der Waals surface area contributed by atoms with E-state index in [1.165, 1.54) is 12.1 Å². The highest BCUT2D eigenvalue weighted by Crippen LogP contribution is 2.49. The molecule has 206 valence electrons. The molecule has 0 aromatic heterocycles. The van der Waals surface area contributed by atoms with Crippen molar-refractivity contribution in [3.05, 3.63) is 58.4 Å². The van der Waals surface area contributed by atoms with E-state index in [2.05, 4.69) is 18.4 Å². The van der Waals surface area contributed by atoms with E-state index in [1.54, 1.807) is 19.2 Å². The zero-order valence-electron chi connectivity index (χ0n) is 23.1. The van der Waals surface area contributed by atoms with Gasteiger partial charge in [-0.2, -0.15) is 0 Å². The highest BCUT2D eigenvalue weighted by molar-refractivity contribution is 6.33. The van der Waals surface area contributed by atoms with Crippen molar-refractivity contribution in [3.63, 3.8) is 0 Å². The average Bonchev–Trinajstić information content (AvgIpc) is 2.89. The van der Waals surface area contributed by atoms with E-state index in [0.29, 0.717) is 61.3 Å². The minimum Gasteiger partial charge on any atom is -0.491 e. The van der Waals surface area contributed by atoms with Crippen LogP contribution in [0.4, 0.5) is 8.78 Å². The number of piperidine rings is 1. The van der Waals surface area contributed by atoms with E-state index in [0.717, 1.165) is 35.4 Å². The van der Waals surface area contributed by atoms with Crippen molar-refractivity contribution < 1.29 is 23.0 Å². The molecule has 1 saturated heterocycles. The maximum atomic E-state index is 13.5. The summed E-state index contributed by atoms with van der Waals surface area (Å²) in [5, 5.41) is 0.462. The summed E-state index contributed by atoms with van der Waals surface area (Å²) in [5.41, 5.74) is 3.47. The monoisotopic (exact) mass is 537 g/mol. The fourth-order valence-electron chi connectivity index (χ4n) is 4.43. The Morgan fingerprint density at radius 1 is 1.08 bits per heavy atom. The Hall–Kier alpha value is -2.31. The number of benzene rings is 2. The Morgan fingerprint density at radius 3 is 2.24 bits per heavy atom. The smallest absolute Gasteiger partial charge is 0.205 e. The second kappa shape index (κ2) is 15.2. The van der Waals surface area contributed by atoms with E-state index in [4.69, 9.17) is 25.8 Å². The molecule has 1 aliphatic heterocycles. The summed E-state index contributed by atoms with van der Waals surface area (Å²) in [7, 11) is 1.56. The summed E-state index contributed by atoms with van der Waals surface area (Å²) >= 11 is 6.66. The molecule has 7 heteroatoms. The molecule has 0 spiro atoms. The fraction of sp³-hybridized carbons (Fsp3) is 0.533. The van der Waals surface area contributed by atoms with Crippen LogP contribution in [0.1, 0.15) is 69.6 Å². The van der Waals surface area contributed by atoms with Gasteiger partial charge in [0.05, 0.1) is 18.7 Å². The number of hydrogen-bond donors (Lipinski definition) is 0. The zero-order chi connectivity index (χ0) is 27.5. The first-order chi connectivity index (χ1) is 17.7. The Morgan fingerprint density at radius 2 is 1.68 bits per heavy atom. The summed E-state index contributed by atoms with van der Waals surface area (Å²) in [6.45, 7) is 17.0. The molecule has 2 aromatic rings. The van der Waals surface area contributed by atoms with Crippen molar-refractivity contribution >= 4 is 17.2 Å². The summed E-state index contributed by atoms with van der Waals surface area (Å²) in [6, 6.07) is 6.53. The van der Waals surface area contributed by atoms with Gasteiger partial charge in [0, 0.05) is 25.2 Å². The number of ether oxygens (including phenoxy) is 3. The molecule has 0 saturated carbocycles. The number of nitrogens with zero attached hydrogens (tertiary/aromatic N) is 1. The van der Waals surface area contributed by atoms with Gasteiger partial charge in [0.2, 0.25) is 5.75 Å². The second-order valence-corrected chi connectivity index (χ2v) is 9.62. The van der Waals surface area contributed by atoms with Crippen molar-refractivity contribution in [1.29, 1.82) is 0 Å². The fourth-order valence-corrected chi connectivity index (χ4v) is 4.69. The van der Waals surface area contributed by atoms with Crippen LogP contribution in [0.5, 0.6) is 17.2 Å². The molecule has 1 atom stereocenters. The van der Waals surface area contributed by atoms with Gasteiger partial charge in [-0.3, -0.25) is 4.90 Å². The third kappa shape index (κ3) is 8.34. The minimum absolute atomic E-state index is 0.172. The Bertz CT molecular complexity index is 1010. The van der Waals surface area contributed by atoms with Gasteiger partial charge in [0.1, 0.15) is 18.6 Å². The van der Waals surface area contributed by atoms with Crippen LogP contribution in [0, 0.1) is 12.7 Å². The van der Waals surface area contributed by atoms with Gasteiger partial charge in [0.25, 0.3) is 0 Å². The van der Waals surface area contributed by atoms with Gasteiger partial charge in [-0.15, -0.1) is 0 Å². The van der Waals surface area contributed by atoms with Gasteiger partial charge in [-0.1, -0.05) is 51.1 Å². The SMILES string of the molecule is C=C(C)c1c(C)c(Cl)c(OC)c(OCCC(C)c2ccc(F)cc2)c1OCCN1CCC(F)CC1.CC. The first-order valence-corrected chi connectivity index (χ1v) is 13.5. The Kier molecular flexibility index (Phi) is 12.7. The number of halogens is 3. The topological polar surface area (TPSA) is 30.9 Å². The molecule has 4 nitrogen and oxygen atoms in total. The van der Waals surface area contributed by atoms with E-state index in [9.17, 15) is 8.78 Å². The molecule has 0 radical (unpaired) electrons. The summed E-state index contributed by atoms with van der Waals surface area (Å²) < 4.78 is 44.9. The van der Waals surface area contributed by atoms with Crippen LogP contribution in [0.2, 0.25) is 5.02 Å². The largest absolute Gasteiger partial charge is 0.491 e. The summed E-state index contributed by atoms with van der Waals surface area (Å²) in [4.78, 5) is 2.21. The van der Waals surface area contributed by atoms with E-state index in [1.807, 2.05) is 27.7 Å². The molecule has 1 heterocycles. The van der Waals surface area contributed by atoms with Crippen LogP contribution in [0.25, 0.3) is 5.57 Å². The lowest BCUT2D eigenvalue weighted by Gasteiger charge is -2.29. The predicted molar refractivity (Wildman–Crippen MR) is 150 cm³/mol. The van der Waals surface area contributed by atoms with Gasteiger partial charge in [-0.25, -0.2) is 8.78 Å². The van der Waals surface area contributed by atoms with Gasteiger partial charge in [0.15, 0.2) is 11.5 Å². The first kappa shape index (κ1) is 30.9. The quantitative estimate of drug-likeness (QED) is 0.289. The number of allylic oxidation sites excluding steroid dienone is 1. The number of rotatable bonds is 11. The van der Waals surface area contributed by atoms with Crippen molar-refractivity contribution in [2.24, 2.45) is 0 Å². The lowest BCUT2D eigenvalue weighted by molar-refractivity contribution is 0.130. The Balaban J connectivity index is 0.00000235. The van der Waals surface area contributed by atoms with Gasteiger partial charge >= 0.3 is 0 Å². The molecule has 1 unspecified atom stereocenters. The average molecular weight is 538 g/mol. The van der Waals surface area contributed by atoms with Crippen molar-refractivity contribution in [2.75, 3.05) is 40.0 Å². The van der Waals surface area contributed by atoms with Crippen molar-refractivity contribution in [1.82, 2.24) is 4.90 Å². The molecule has 3 rings (SSSR count). The standard InChI is InChI=1S/C28H36ClF2NO3.C2H6/c1-18(2)24-20(4)25(29)27(33-5)28(26(24)35-17-15-32-13-10-23(31)11-14-32)34-16-12-19(3)21-6-8-22(30)9-7-21;1-2/h6-9,19,23H,1,10-17H2,2-5H3;1-2H3. The third-order valence-corrected chi connectivity index (χ3v) is 7.04. The van der Waals surface area contributed by atoms with Crippen molar-refractivity contribution in [2.45, 2.75) is 66.0 Å². The molecule has 0 bridgehead atoms. The lowest BCUT2D eigenvalue weighted by Crippen LogP contribution is -2.37. The molecule has 1 aliphatic rings. The maximum Gasteiger partial charge on any atom is 0.205 e.